The number of rotatable bonds is 7. The van der Waals surface area contributed by atoms with Crippen LogP contribution in [0.1, 0.15) is 16.7 Å². The molecular weight excluding hydrogens is 596 g/mol. The molecule has 0 radical (unpaired) electrons. The molecule has 13 nitrogen and oxygen atoms in total. The van der Waals surface area contributed by atoms with Crippen molar-refractivity contribution in [3.05, 3.63) is 77.4 Å². The van der Waals surface area contributed by atoms with Crippen LogP contribution in [0.5, 0.6) is 0 Å². The molecule has 4 aromatic carbocycles. The van der Waals surface area contributed by atoms with E-state index in [0.29, 0.717) is 44.5 Å². The fraction of sp³-hybridized carbons (Fsp3) is 0.120. The number of nitrogens with zero attached hydrogens (tertiary/aromatic N) is 4. The average Bonchev–Trinajstić information content (AvgIpc) is 2.87. The van der Waals surface area contributed by atoms with Crippen molar-refractivity contribution in [2.45, 2.75) is 35.5 Å². The molecule has 0 atom stereocenters. The van der Waals surface area contributed by atoms with Gasteiger partial charge in [0.1, 0.15) is 26.3 Å². The van der Waals surface area contributed by atoms with E-state index in [-0.39, 0.29) is 4.90 Å². The van der Waals surface area contributed by atoms with E-state index in [9.17, 15) is 39.6 Å². The number of aryl methyl sites for hydroxylation is 3. The van der Waals surface area contributed by atoms with Gasteiger partial charge in [0.15, 0.2) is 0 Å². The zero-order valence-corrected chi connectivity index (χ0v) is 24.1. The molecule has 0 saturated heterocycles. The smallest absolute Gasteiger partial charge is 0.296 e. The lowest BCUT2D eigenvalue weighted by molar-refractivity contribution is 0.375. The molecule has 0 heterocycles. The number of fused-ring (bicyclic) bond motifs is 1. The van der Waals surface area contributed by atoms with Crippen LogP contribution in [-0.4, -0.2) is 39.6 Å². The van der Waals surface area contributed by atoms with Gasteiger partial charge in [-0.05, 0) is 79.9 Å². The fourth-order valence-electron chi connectivity index (χ4n) is 4.01. The molecule has 16 heteroatoms. The molecule has 0 spiro atoms. The summed E-state index contributed by atoms with van der Waals surface area (Å²) in [7, 11) is -13.4. The van der Waals surface area contributed by atoms with Crippen molar-refractivity contribution in [3.63, 3.8) is 0 Å². The summed E-state index contributed by atoms with van der Waals surface area (Å²) < 4.78 is 95.0. The monoisotopic (exact) mass is 620 g/mol. The summed E-state index contributed by atoms with van der Waals surface area (Å²) in [4.78, 5) is -1.32. The largest absolute Gasteiger partial charge is 0.304 e. The zero-order valence-electron chi connectivity index (χ0n) is 21.7. The Morgan fingerprint density at radius 3 is 1.61 bits per heavy atom. The first-order chi connectivity index (χ1) is 19.0. The Kier molecular flexibility index (Phi) is 8.14. The van der Waals surface area contributed by atoms with Crippen molar-refractivity contribution in [2.24, 2.45) is 20.5 Å². The minimum absolute atomic E-state index is 0.238. The molecule has 0 aliphatic carbocycles. The Labute approximate surface area is 237 Å². The van der Waals surface area contributed by atoms with Gasteiger partial charge in [-0.3, -0.25) is 9.11 Å². The van der Waals surface area contributed by atoms with Gasteiger partial charge in [-0.2, -0.15) is 27.1 Å². The quantitative estimate of drug-likeness (QED) is 0.101. The van der Waals surface area contributed by atoms with Crippen LogP contribution in [0.25, 0.3) is 10.8 Å². The van der Waals surface area contributed by atoms with Crippen LogP contribution in [0.15, 0.2) is 95.8 Å². The Morgan fingerprint density at radius 1 is 0.537 bits per heavy atom. The predicted molar refractivity (Wildman–Crippen MR) is 153 cm³/mol. The van der Waals surface area contributed by atoms with Crippen molar-refractivity contribution in [3.8, 4) is 0 Å². The van der Waals surface area contributed by atoms with E-state index in [1.807, 2.05) is 0 Å². The van der Waals surface area contributed by atoms with E-state index < -0.39 is 46.6 Å². The van der Waals surface area contributed by atoms with Crippen LogP contribution in [0.3, 0.4) is 0 Å². The molecule has 4 rings (SSSR count). The summed E-state index contributed by atoms with van der Waals surface area (Å²) >= 11 is 0. The van der Waals surface area contributed by atoms with E-state index in [1.165, 1.54) is 12.1 Å². The van der Waals surface area contributed by atoms with Crippen LogP contribution in [-0.2, 0) is 20.2 Å². The molecule has 0 saturated carbocycles. The first kappa shape index (κ1) is 30.4. The number of hydrogen-bond acceptors (Lipinski definition) is 11. The second-order valence-corrected chi connectivity index (χ2v) is 13.3. The molecule has 0 aliphatic rings. The van der Waals surface area contributed by atoms with Crippen LogP contribution >= 0.6 is 10.9 Å². The topological polar surface area (TPSA) is 219 Å². The maximum Gasteiger partial charge on any atom is 0.296 e. The van der Waals surface area contributed by atoms with Gasteiger partial charge >= 0.3 is 0 Å². The highest BCUT2D eigenvalue weighted by Crippen LogP contribution is 2.46. The lowest BCUT2D eigenvalue weighted by Crippen LogP contribution is -2.01. The van der Waals surface area contributed by atoms with Gasteiger partial charge in [-0.15, -0.1) is 10.2 Å². The third-order valence-corrected chi connectivity index (χ3v) is 8.72. The summed E-state index contributed by atoms with van der Waals surface area (Å²) in [5, 5.41) is 17.3. The molecule has 0 bridgehead atoms. The van der Waals surface area contributed by atoms with Gasteiger partial charge in [-0.1, -0.05) is 18.2 Å². The van der Waals surface area contributed by atoms with E-state index >= 15 is 0 Å². The summed E-state index contributed by atoms with van der Waals surface area (Å²) in [6, 6.07) is 13.7. The summed E-state index contributed by atoms with van der Waals surface area (Å²) in [6.45, 7) is 5.10. The third kappa shape index (κ3) is 6.66. The normalized spacial score (nSPS) is 13.5. The number of azo groups is 2. The van der Waals surface area contributed by atoms with Crippen LogP contribution in [0.2, 0.25) is 0 Å². The van der Waals surface area contributed by atoms with Crippen molar-refractivity contribution in [2.75, 3.05) is 0 Å². The molecule has 0 unspecified atom stereocenters. The molecular formula is C25H24N4O9S3. The van der Waals surface area contributed by atoms with Gasteiger partial charge in [-0.25, -0.2) is 0 Å². The van der Waals surface area contributed by atoms with E-state index in [2.05, 4.69) is 20.5 Å². The first-order valence-corrected chi connectivity index (χ1v) is 15.9. The average molecular weight is 621 g/mol. The van der Waals surface area contributed by atoms with Gasteiger partial charge < -0.3 is 13.7 Å². The Balaban J connectivity index is 1.73. The maximum absolute atomic E-state index is 11.9. The first-order valence-electron chi connectivity index (χ1n) is 11.5. The molecule has 41 heavy (non-hydrogen) atoms. The standard InChI is InChI=1S/C25H24N4O9S3/c1-14-7-9-19(18-5-4-6-24(25(14)18)41(36,37)38)26-27-20-11-16(3)21(12-15(20)2)28-29-22-13-17(39(30,31)32)8-10-23(22)40(33,34)35/h4-13,30-32H,1-3H3,(H,33,34,35)(H,36,37,38). The van der Waals surface area contributed by atoms with E-state index in [1.54, 1.807) is 51.1 Å². The van der Waals surface area contributed by atoms with E-state index in [4.69, 9.17) is 0 Å². The number of benzene rings is 4. The van der Waals surface area contributed by atoms with Crippen molar-refractivity contribution < 1.29 is 39.6 Å². The van der Waals surface area contributed by atoms with E-state index in [0.717, 1.165) is 18.2 Å². The molecule has 216 valence electrons. The van der Waals surface area contributed by atoms with Crippen molar-refractivity contribution in [1.82, 2.24) is 0 Å². The highest BCUT2D eigenvalue weighted by atomic mass is 32.3. The maximum atomic E-state index is 11.9. The summed E-state index contributed by atoms with van der Waals surface area (Å²) in [6.07, 6.45) is 0. The third-order valence-electron chi connectivity index (χ3n) is 6.04. The SMILES string of the molecule is Cc1cc(N=Nc2ccc(C)c3c(S(=O)(=O)O)cccc23)c(C)cc1N=Nc1cc(S(O)(O)O)ccc1S(=O)(=O)O. The van der Waals surface area contributed by atoms with Gasteiger partial charge in [0.2, 0.25) is 0 Å². The van der Waals surface area contributed by atoms with Crippen molar-refractivity contribution in [1.29, 1.82) is 0 Å². The summed E-state index contributed by atoms with van der Waals surface area (Å²) in [5.41, 5.74) is 2.43. The molecule has 0 aliphatic heterocycles. The van der Waals surface area contributed by atoms with Gasteiger partial charge in [0.25, 0.3) is 20.2 Å². The second kappa shape index (κ2) is 11.0. The summed E-state index contributed by atoms with van der Waals surface area (Å²) in [5.74, 6) is 0. The van der Waals surface area contributed by atoms with Gasteiger partial charge in [0.05, 0.1) is 22.0 Å². The van der Waals surface area contributed by atoms with Gasteiger partial charge in [0, 0.05) is 10.8 Å². The lowest BCUT2D eigenvalue weighted by atomic mass is 10.0. The highest BCUT2D eigenvalue weighted by molar-refractivity contribution is 8.19. The highest BCUT2D eigenvalue weighted by Gasteiger charge is 2.22. The molecule has 5 N–H and O–H groups in total. The Morgan fingerprint density at radius 2 is 1.07 bits per heavy atom. The zero-order chi connectivity index (χ0) is 30.3. The number of hydrogen-bond donors (Lipinski definition) is 5. The fourth-order valence-corrected chi connectivity index (χ4v) is 5.91. The molecule has 4 aromatic rings. The Hall–Kier alpha value is -3.61. The predicted octanol–water partition coefficient (Wildman–Crippen LogP) is 7.67. The molecule has 0 aromatic heterocycles. The molecule has 0 amide bonds. The minimum atomic E-state index is -4.75. The molecule has 0 fully saturated rings. The van der Waals surface area contributed by atoms with Crippen LogP contribution < -0.4 is 0 Å². The minimum Gasteiger partial charge on any atom is -0.304 e. The lowest BCUT2D eigenvalue weighted by Gasteiger charge is -2.19. The van der Waals surface area contributed by atoms with Crippen molar-refractivity contribution >= 4 is 64.6 Å². The second-order valence-electron chi connectivity index (χ2n) is 9.00. The van der Waals surface area contributed by atoms with Crippen LogP contribution in [0.4, 0.5) is 22.7 Å². The Bertz CT molecular complexity index is 1970. The van der Waals surface area contributed by atoms with Crippen LogP contribution in [0, 0.1) is 20.8 Å².